The van der Waals surface area contributed by atoms with Gasteiger partial charge in [0.05, 0.1) is 13.2 Å². The average Bonchev–Trinajstić information content (AvgIpc) is 2.67. The van der Waals surface area contributed by atoms with Gasteiger partial charge in [0.1, 0.15) is 5.75 Å². The lowest BCUT2D eigenvalue weighted by Gasteiger charge is -2.15. The summed E-state index contributed by atoms with van der Waals surface area (Å²) >= 11 is 0. The number of benzene rings is 2. The van der Waals surface area contributed by atoms with Gasteiger partial charge in [-0.15, -0.1) is 0 Å². The molecular formula is C22H29N3O3. The van der Waals surface area contributed by atoms with Crippen LogP contribution in [0.25, 0.3) is 0 Å². The lowest BCUT2D eigenvalue weighted by molar-refractivity contribution is -0.116. The molecule has 0 saturated heterocycles. The first-order chi connectivity index (χ1) is 13.3. The number of rotatable bonds is 9. The van der Waals surface area contributed by atoms with E-state index in [1.807, 2.05) is 24.3 Å². The van der Waals surface area contributed by atoms with Crippen LogP contribution in [0.3, 0.4) is 0 Å². The number of hydrogen-bond donors (Lipinski definition) is 2. The Labute approximate surface area is 166 Å². The van der Waals surface area contributed by atoms with E-state index in [1.165, 1.54) is 6.92 Å². The molecule has 0 radical (unpaired) electrons. The summed E-state index contributed by atoms with van der Waals surface area (Å²) in [6, 6.07) is 14.7. The number of hydrogen-bond acceptors (Lipinski definition) is 4. The van der Waals surface area contributed by atoms with Crippen LogP contribution >= 0.6 is 0 Å². The summed E-state index contributed by atoms with van der Waals surface area (Å²) in [7, 11) is 1.71. The molecule has 2 amide bonds. The highest BCUT2D eigenvalue weighted by Gasteiger charge is 2.07. The zero-order valence-corrected chi connectivity index (χ0v) is 17.0. The van der Waals surface area contributed by atoms with E-state index in [9.17, 15) is 9.59 Å². The molecule has 0 aliphatic rings. The van der Waals surface area contributed by atoms with E-state index >= 15 is 0 Å². The maximum Gasteiger partial charge on any atom is 0.243 e. The van der Waals surface area contributed by atoms with Crippen LogP contribution in [-0.4, -0.2) is 32.0 Å². The second-order valence-electron chi connectivity index (χ2n) is 7.08. The predicted molar refractivity (Wildman–Crippen MR) is 114 cm³/mol. The van der Waals surface area contributed by atoms with Crippen LogP contribution in [0, 0.1) is 5.92 Å². The van der Waals surface area contributed by atoms with Crippen molar-refractivity contribution < 1.29 is 14.3 Å². The van der Waals surface area contributed by atoms with E-state index < -0.39 is 0 Å². The van der Waals surface area contributed by atoms with Gasteiger partial charge in [0.2, 0.25) is 11.8 Å². The van der Waals surface area contributed by atoms with Crippen molar-refractivity contribution in [1.82, 2.24) is 0 Å². The molecule has 0 aliphatic heterocycles. The molecule has 0 aliphatic carbocycles. The standard InChI is InChI=1S/C22H29N3O3/c1-16(2)13-14-28-21-11-7-18(8-12-21)23-15-22(27)24-19-5-9-20(10-6-19)25(4)17(3)26/h5-12,16,23H,13-15H2,1-4H3,(H,24,27). The monoisotopic (exact) mass is 383 g/mol. The van der Waals surface area contributed by atoms with Crippen molar-refractivity contribution in [3.63, 3.8) is 0 Å². The number of ether oxygens (including phenoxy) is 1. The van der Waals surface area contributed by atoms with E-state index in [0.717, 1.165) is 23.5 Å². The highest BCUT2D eigenvalue weighted by atomic mass is 16.5. The number of amides is 2. The lowest BCUT2D eigenvalue weighted by Crippen LogP contribution is -2.23. The molecule has 0 atom stereocenters. The van der Waals surface area contributed by atoms with Crippen molar-refractivity contribution in [3.05, 3.63) is 48.5 Å². The molecule has 0 aromatic heterocycles. The SMILES string of the molecule is CC(=O)N(C)c1ccc(NC(=O)CNc2ccc(OCCC(C)C)cc2)cc1. The topological polar surface area (TPSA) is 70.7 Å². The van der Waals surface area contributed by atoms with E-state index in [1.54, 1.807) is 36.2 Å². The minimum Gasteiger partial charge on any atom is -0.494 e. The molecule has 6 nitrogen and oxygen atoms in total. The Morgan fingerprint density at radius 2 is 1.61 bits per heavy atom. The maximum atomic E-state index is 12.1. The molecule has 0 fully saturated rings. The first-order valence-electron chi connectivity index (χ1n) is 9.46. The summed E-state index contributed by atoms with van der Waals surface area (Å²) in [6.45, 7) is 6.70. The minimum atomic E-state index is -0.148. The van der Waals surface area contributed by atoms with Gasteiger partial charge in [0.25, 0.3) is 0 Å². The van der Waals surface area contributed by atoms with Crippen molar-refractivity contribution >= 4 is 28.9 Å². The summed E-state index contributed by atoms with van der Waals surface area (Å²) in [5.41, 5.74) is 2.31. The third kappa shape index (κ3) is 6.95. The van der Waals surface area contributed by atoms with Crippen molar-refractivity contribution in [3.8, 4) is 5.75 Å². The van der Waals surface area contributed by atoms with Crippen molar-refractivity contribution in [2.24, 2.45) is 5.92 Å². The molecular weight excluding hydrogens is 354 g/mol. The molecule has 0 saturated carbocycles. The summed E-state index contributed by atoms with van der Waals surface area (Å²) in [6.07, 6.45) is 1.02. The molecule has 2 aromatic rings. The smallest absolute Gasteiger partial charge is 0.243 e. The van der Waals surface area contributed by atoms with Crippen LogP contribution in [0.2, 0.25) is 0 Å². The molecule has 0 spiro atoms. The van der Waals surface area contributed by atoms with Gasteiger partial charge in [0.15, 0.2) is 0 Å². The summed E-state index contributed by atoms with van der Waals surface area (Å²) < 4.78 is 5.69. The van der Waals surface area contributed by atoms with Crippen LogP contribution in [0.5, 0.6) is 5.75 Å². The van der Waals surface area contributed by atoms with Gasteiger partial charge in [-0.1, -0.05) is 13.8 Å². The number of carbonyl (C=O) groups is 2. The van der Waals surface area contributed by atoms with Gasteiger partial charge in [-0.2, -0.15) is 0 Å². The van der Waals surface area contributed by atoms with Gasteiger partial charge in [-0.05, 0) is 60.9 Å². The van der Waals surface area contributed by atoms with Gasteiger partial charge in [-0.25, -0.2) is 0 Å². The Morgan fingerprint density at radius 3 is 2.18 bits per heavy atom. The third-order valence-corrected chi connectivity index (χ3v) is 4.28. The van der Waals surface area contributed by atoms with Crippen molar-refractivity contribution in [2.45, 2.75) is 27.2 Å². The van der Waals surface area contributed by atoms with E-state index in [2.05, 4.69) is 24.5 Å². The zero-order valence-electron chi connectivity index (χ0n) is 17.0. The molecule has 150 valence electrons. The number of anilines is 3. The fourth-order valence-corrected chi connectivity index (χ4v) is 2.42. The molecule has 2 rings (SSSR count). The van der Waals surface area contributed by atoms with Gasteiger partial charge < -0.3 is 20.3 Å². The average molecular weight is 383 g/mol. The van der Waals surface area contributed by atoms with Gasteiger partial charge in [-0.3, -0.25) is 9.59 Å². The molecule has 0 heterocycles. The Balaban J connectivity index is 1.78. The first-order valence-corrected chi connectivity index (χ1v) is 9.46. The highest BCUT2D eigenvalue weighted by molar-refractivity contribution is 5.94. The molecule has 0 bridgehead atoms. The molecule has 28 heavy (non-hydrogen) atoms. The molecule has 2 aromatic carbocycles. The normalized spacial score (nSPS) is 10.5. The fraction of sp³-hybridized carbons (Fsp3) is 0.364. The molecule has 2 N–H and O–H groups in total. The van der Waals surface area contributed by atoms with Crippen LogP contribution in [0.1, 0.15) is 27.2 Å². The van der Waals surface area contributed by atoms with Crippen molar-refractivity contribution in [1.29, 1.82) is 0 Å². The van der Waals surface area contributed by atoms with Crippen LogP contribution < -0.4 is 20.3 Å². The maximum absolute atomic E-state index is 12.1. The van der Waals surface area contributed by atoms with Crippen LogP contribution in [-0.2, 0) is 9.59 Å². The third-order valence-electron chi connectivity index (χ3n) is 4.28. The number of carbonyl (C=O) groups excluding carboxylic acids is 2. The first kappa shape index (κ1) is 21.3. The summed E-state index contributed by atoms with van der Waals surface area (Å²) in [5.74, 6) is 1.25. The van der Waals surface area contributed by atoms with Crippen LogP contribution in [0.4, 0.5) is 17.1 Å². The Hall–Kier alpha value is -3.02. The Morgan fingerprint density at radius 1 is 1.00 bits per heavy atom. The lowest BCUT2D eigenvalue weighted by atomic mass is 10.1. The van der Waals surface area contributed by atoms with E-state index in [0.29, 0.717) is 18.2 Å². The summed E-state index contributed by atoms with van der Waals surface area (Å²) in [4.78, 5) is 25.0. The highest BCUT2D eigenvalue weighted by Crippen LogP contribution is 2.18. The molecule has 0 unspecified atom stereocenters. The quantitative estimate of drug-likeness (QED) is 0.683. The Bertz CT molecular complexity index is 771. The van der Waals surface area contributed by atoms with E-state index in [-0.39, 0.29) is 18.4 Å². The second-order valence-corrected chi connectivity index (χ2v) is 7.08. The van der Waals surface area contributed by atoms with E-state index in [4.69, 9.17) is 4.74 Å². The van der Waals surface area contributed by atoms with Crippen LogP contribution in [0.15, 0.2) is 48.5 Å². The van der Waals surface area contributed by atoms with Gasteiger partial charge in [0, 0.05) is 31.0 Å². The van der Waals surface area contributed by atoms with Crippen molar-refractivity contribution in [2.75, 3.05) is 35.7 Å². The number of nitrogens with zero attached hydrogens (tertiary/aromatic N) is 1. The minimum absolute atomic E-state index is 0.0441. The Kier molecular flexibility index (Phi) is 7.87. The molecule has 6 heteroatoms. The number of nitrogens with one attached hydrogen (secondary N) is 2. The predicted octanol–water partition coefficient (Wildman–Crippen LogP) is 4.14. The zero-order chi connectivity index (χ0) is 20.5. The largest absolute Gasteiger partial charge is 0.494 e. The second kappa shape index (κ2) is 10.3. The fourth-order valence-electron chi connectivity index (χ4n) is 2.42. The van der Waals surface area contributed by atoms with Gasteiger partial charge >= 0.3 is 0 Å². The summed E-state index contributed by atoms with van der Waals surface area (Å²) in [5, 5.41) is 5.92.